The average molecular weight is 197 g/mol. The molecule has 0 saturated heterocycles. The first-order valence-corrected chi connectivity index (χ1v) is 4.26. The SMILES string of the molecule is CNc1ccnc2c1nc(Cl)n2C. The van der Waals surface area contributed by atoms with Crippen LogP contribution in [0.4, 0.5) is 5.69 Å². The minimum atomic E-state index is 0.449. The highest BCUT2D eigenvalue weighted by atomic mass is 35.5. The molecule has 4 nitrogen and oxygen atoms in total. The van der Waals surface area contributed by atoms with Crippen molar-refractivity contribution in [3.05, 3.63) is 17.5 Å². The molecule has 2 aromatic rings. The van der Waals surface area contributed by atoms with Crippen LogP contribution in [0.1, 0.15) is 0 Å². The molecule has 2 heterocycles. The molecule has 0 unspecified atom stereocenters. The van der Waals surface area contributed by atoms with E-state index in [4.69, 9.17) is 11.6 Å². The molecule has 0 saturated carbocycles. The Hall–Kier alpha value is -1.29. The van der Waals surface area contributed by atoms with Crippen LogP contribution in [0.3, 0.4) is 0 Å². The smallest absolute Gasteiger partial charge is 0.204 e. The first kappa shape index (κ1) is 8.31. The van der Waals surface area contributed by atoms with E-state index in [2.05, 4.69) is 15.3 Å². The molecule has 2 aromatic heterocycles. The van der Waals surface area contributed by atoms with Gasteiger partial charge in [0.05, 0.1) is 5.69 Å². The average Bonchev–Trinajstić information content (AvgIpc) is 2.43. The quantitative estimate of drug-likeness (QED) is 0.755. The van der Waals surface area contributed by atoms with Gasteiger partial charge in [-0.2, -0.15) is 0 Å². The maximum atomic E-state index is 5.87. The minimum absolute atomic E-state index is 0.449. The van der Waals surface area contributed by atoms with Gasteiger partial charge < -0.3 is 9.88 Å². The topological polar surface area (TPSA) is 42.7 Å². The molecule has 5 heteroatoms. The maximum absolute atomic E-state index is 5.87. The van der Waals surface area contributed by atoms with Gasteiger partial charge in [0.2, 0.25) is 5.28 Å². The van der Waals surface area contributed by atoms with Gasteiger partial charge in [-0.05, 0) is 17.7 Å². The van der Waals surface area contributed by atoms with Gasteiger partial charge in [0.25, 0.3) is 0 Å². The number of anilines is 1. The Morgan fingerprint density at radius 3 is 3.00 bits per heavy atom. The summed E-state index contributed by atoms with van der Waals surface area (Å²) in [4.78, 5) is 8.37. The Kier molecular flexibility index (Phi) is 1.84. The number of fused-ring (bicyclic) bond motifs is 1. The van der Waals surface area contributed by atoms with Crippen LogP contribution in [-0.4, -0.2) is 21.6 Å². The van der Waals surface area contributed by atoms with Crippen LogP contribution >= 0.6 is 11.6 Å². The summed E-state index contributed by atoms with van der Waals surface area (Å²) in [6, 6.07) is 1.87. The lowest BCUT2D eigenvalue weighted by molar-refractivity contribution is 0.932. The molecule has 68 valence electrons. The molecule has 0 aromatic carbocycles. The van der Waals surface area contributed by atoms with Crippen molar-refractivity contribution >= 4 is 28.5 Å². The highest BCUT2D eigenvalue weighted by Gasteiger charge is 2.09. The molecule has 2 rings (SSSR count). The largest absolute Gasteiger partial charge is 0.386 e. The van der Waals surface area contributed by atoms with Gasteiger partial charge in [-0.25, -0.2) is 9.97 Å². The highest BCUT2D eigenvalue weighted by Crippen LogP contribution is 2.22. The van der Waals surface area contributed by atoms with Gasteiger partial charge >= 0.3 is 0 Å². The van der Waals surface area contributed by atoms with Crippen molar-refractivity contribution in [2.24, 2.45) is 7.05 Å². The fourth-order valence-electron chi connectivity index (χ4n) is 1.25. The number of hydrogen-bond donors (Lipinski definition) is 1. The lowest BCUT2D eigenvalue weighted by Gasteiger charge is -1.99. The molecule has 1 N–H and O–H groups in total. The zero-order valence-electron chi connectivity index (χ0n) is 7.37. The standard InChI is InChI=1S/C8H9ClN4/c1-10-5-3-4-11-7-6(5)12-8(9)13(7)2/h3-4H,1-2H3,(H,10,11). The Labute approximate surface area is 80.6 Å². The van der Waals surface area contributed by atoms with Crippen LogP contribution in [0, 0.1) is 0 Å². The van der Waals surface area contributed by atoms with Crippen molar-refractivity contribution in [3.63, 3.8) is 0 Å². The van der Waals surface area contributed by atoms with E-state index in [1.54, 1.807) is 10.8 Å². The summed E-state index contributed by atoms with van der Waals surface area (Å²) in [7, 11) is 3.68. The fourth-order valence-corrected chi connectivity index (χ4v) is 1.42. The lowest BCUT2D eigenvalue weighted by Crippen LogP contribution is -1.92. The van der Waals surface area contributed by atoms with Crippen LogP contribution in [0.5, 0.6) is 0 Å². The number of aromatic nitrogens is 3. The van der Waals surface area contributed by atoms with Gasteiger partial charge in [0, 0.05) is 20.3 Å². The van der Waals surface area contributed by atoms with Crippen LogP contribution in [-0.2, 0) is 7.05 Å². The zero-order chi connectivity index (χ0) is 9.42. The summed E-state index contributed by atoms with van der Waals surface area (Å²) in [5, 5.41) is 3.49. The highest BCUT2D eigenvalue weighted by molar-refractivity contribution is 6.29. The predicted molar refractivity (Wildman–Crippen MR) is 53.1 cm³/mol. The maximum Gasteiger partial charge on any atom is 0.204 e. The molecule has 0 atom stereocenters. The van der Waals surface area contributed by atoms with Crippen molar-refractivity contribution in [1.29, 1.82) is 0 Å². The molecule has 0 aliphatic rings. The molecule has 0 radical (unpaired) electrons. The second-order valence-electron chi connectivity index (χ2n) is 2.72. The molecular weight excluding hydrogens is 188 g/mol. The van der Waals surface area contributed by atoms with Crippen molar-refractivity contribution in [2.75, 3.05) is 12.4 Å². The third-order valence-electron chi connectivity index (χ3n) is 1.97. The van der Waals surface area contributed by atoms with E-state index in [0.717, 1.165) is 16.9 Å². The Morgan fingerprint density at radius 1 is 1.54 bits per heavy atom. The number of nitrogens with zero attached hydrogens (tertiary/aromatic N) is 3. The van der Waals surface area contributed by atoms with Crippen LogP contribution in [0.2, 0.25) is 5.28 Å². The van der Waals surface area contributed by atoms with E-state index in [9.17, 15) is 0 Å². The van der Waals surface area contributed by atoms with Crippen molar-refractivity contribution in [2.45, 2.75) is 0 Å². The van der Waals surface area contributed by atoms with E-state index < -0.39 is 0 Å². The Balaban J connectivity index is 2.84. The molecule has 0 aliphatic carbocycles. The van der Waals surface area contributed by atoms with Crippen LogP contribution in [0.25, 0.3) is 11.2 Å². The van der Waals surface area contributed by atoms with Crippen molar-refractivity contribution in [3.8, 4) is 0 Å². The molecular formula is C8H9ClN4. The van der Waals surface area contributed by atoms with Gasteiger partial charge in [-0.3, -0.25) is 0 Å². The number of rotatable bonds is 1. The number of hydrogen-bond acceptors (Lipinski definition) is 3. The number of nitrogens with one attached hydrogen (secondary N) is 1. The van der Waals surface area contributed by atoms with E-state index >= 15 is 0 Å². The van der Waals surface area contributed by atoms with Gasteiger partial charge in [-0.15, -0.1) is 0 Å². The third kappa shape index (κ3) is 1.14. The lowest BCUT2D eigenvalue weighted by atomic mass is 10.3. The molecule has 13 heavy (non-hydrogen) atoms. The summed E-state index contributed by atoms with van der Waals surface area (Å²) >= 11 is 5.87. The normalized spacial score (nSPS) is 10.7. The number of imidazole rings is 1. The minimum Gasteiger partial charge on any atom is -0.386 e. The van der Waals surface area contributed by atoms with Gasteiger partial charge in [0.1, 0.15) is 5.52 Å². The summed E-state index contributed by atoms with van der Waals surface area (Å²) in [6.45, 7) is 0. The number of pyridine rings is 1. The summed E-state index contributed by atoms with van der Waals surface area (Å²) in [5.41, 5.74) is 2.53. The van der Waals surface area contributed by atoms with Crippen LogP contribution < -0.4 is 5.32 Å². The van der Waals surface area contributed by atoms with E-state index in [1.807, 2.05) is 20.2 Å². The molecule has 0 aliphatic heterocycles. The second kappa shape index (κ2) is 2.88. The predicted octanol–water partition coefficient (Wildman–Crippen LogP) is 1.66. The summed E-state index contributed by atoms with van der Waals surface area (Å²) in [6.07, 6.45) is 1.73. The number of aryl methyl sites for hydroxylation is 1. The van der Waals surface area contributed by atoms with Gasteiger partial charge in [0.15, 0.2) is 5.65 Å². The molecule has 0 amide bonds. The van der Waals surface area contributed by atoms with Crippen molar-refractivity contribution < 1.29 is 0 Å². The Bertz CT molecular complexity index is 449. The van der Waals surface area contributed by atoms with Crippen LogP contribution in [0.15, 0.2) is 12.3 Å². The third-order valence-corrected chi connectivity index (χ3v) is 2.31. The molecule has 0 bridgehead atoms. The van der Waals surface area contributed by atoms with E-state index in [-0.39, 0.29) is 0 Å². The number of halogens is 1. The van der Waals surface area contributed by atoms with E-state index in [0.29, 0.717) is 5.28 Å². The fraction of sp³-hybridized carbons (Fsp3) is 0.250. The summed E-state index contributed by atoms with van der Waals surface area (Å²) in [5.74, 6) is 0. The molecule has 0 spiro atoms. The zero-order valence-corrected chi connectivity index (χ0v) is 8.13. The van der Waals surface area contributed by atoms with Gasteiger partial charge in [-0.1, -0.05) is 0 Å². The first-order valence-electron chi connectivity index (χ1n) is 3.88. The van der Waals surface area contributed by atoms with E-state index in [1.165, 1.54) is 0 Å². The Morgan fingerprint density at radius 2 is 2.31 bits per heavy atom. The van der Waals surface area contributed by atoms with Crippen molar-refractivity contribution in [1.82, 2.24) is 14.5 Å². The summed E-state index contributed by atoms with van der Waals surface area (Å²) < 4.78 is 1.75. The second-order valence-corrected chi connectivity index (χ2v) is 3.06. The first-order chi connectivity index (χ1) is 6.24. The monoisotopic (exact) mass is 196 g/mol. The molecule has 0 fully saturated rings.